The van der Waals surface area contributed by atoms with E-state index in [1.165, 1.54) is 0 Å². The molecule has 1 aliphatic rings. The van der Waals surface area contributed by atoms with Gasteiger partial charge in [0.05, 0.1) is 6.61 Å². The highest BCUT2D eigenvalue weighted by atomic mass is 16.5. The van der Waals surface area contributed by atoms with Gasteiger partial charge in [-0.2, -0.15) is 0 Å². The van der Waals surface area contributed by atoms with Crippen LogP contribution in [0, 0.1) is 0 Å². The number of ether oxygens (including phenoxy) is 1. The van der Waals surface area contributed by atoms with E-state index in [4.69, 9.17) is 4.74 Å². The number of nitrogens with zero attached hydrogens (tertiary/aromatic N) is 1. The molecule has 2 amide bonds. The summed E-state index contributed by atoms with van der Waals surface area (Å²) in [6.45, 7) is 2.40. The average molecular weight is 417 g/mol. The van der Waals surface area contributed by atoms with Crippen molar-refractivity contribution in [3.05, 3.63) is 77.9 Å². The third-order valence-electron chi connectivity index (χ3n) is 5.68. The summed E-state index contributed by atoms with van der Waals surface area (Å²) >= 11 is 0. The first kappa shape index (κ1) is 20.9. The summed E-state index contributed by atoms with van der Waals surface area (Å²) in [7, 11) is 0. The minimum Gasteiger partial charge on any atom is -0.493 e. The molecule has 0 spiro atoms. The smallest absolute Gasteiger partial charge is 0.222 e. The quantitative estimate of drug-likeness (QED) is 0.525. The molecule has 1 fully saturated rings. The lowest BCUT2D eigenvalue weighted by atomic mass is 10.1. The van der Waals surface area contributed by atoms with Gasteiger partial charge in [0.15, 0.2) is 0 Å². The Labute approximate surface area is 183 Å². The predicted octanol–water partition coefficient (Wildman–Crippen LogP) is 4.44. The minimum atomic E-state index is 0.00794. The molecule has 0 saturated carbocycles. The Kier molecular flexibility index (Phi) is 6.82. The summed E-state index contributed by atoms with van der Waals surface area (Å²) in [5, 5.41) is 5.24. The van der Waals surface area contributed by atoms with Crippen molar-refractivity contribution < 1.29 is 14.3 Å². The molecule has 0 bridgehead atoms. The molecule has 3 aromatic rings. The van der Waals surface area contributed by atoms with Crippen molar-refractivity contribution >= 4 is 22.6 Å². The molecule has 5 heteroatoms. The maximum Gasteiger partial charge on any atom is 0.222 e. The zero-order chi connectivity index (χ0) is 21.5. The van der Waals surface area contributed by atoms with E-state index in [2.05, 4.69) is 17.4 Å². The Morgan fingerprint density at radius 2 is 1.74 bits per heavy atom. The van der Waals surface area contributed by atoms with Crippen LogP contribution in [0.3, 0.4) is 0 Å². The van der Waals surface area contributed by atoms with Crippen molar-refractivity contribution in [3.8, 4) is 5.75 Å². The molecule has 0 atom stereocenters. The van der Waals surface area contributed by atoms with Gasteiger partial charge in [-0.05, 0) is 35.4 Å². The van der Waals surface area contributed by atoms with Gasteiger partial charge in [-0.25, -0.2) is 0 Å². The molecular formula is C26H28N2O3. The standard InChI is InChI=1S/C26H28N2O3/c29-25(14-7-17-31-24-13-5-11-20-8-3-4-12-23(20)24)27-18-21-9-1-2-10-22(21)19-28-16-6-15-26(28)30/h1-5,8-13H,6-7,14-19H2,(H,27,29). The predicted molar refractivity (Wildman–Crippen MR) is 122 cm³/mol. The van der Waals surface area contributed by atoms with Gasteiger partial charge in [0.2, 0.25) is 11.8 Å². The Hall–Kier alpha value is -3.34. The van der Waals surface area contributed by atoms with Crippen LogP contribution in [0.5, 0.6) is 5.75 Å². The fourth-order valence-corrected chi connectivity index (χ4v) is 3.98. The molecule has 5 nitrogen and oxygen atoms in total. The summed E-state index contributed by atoms with van der Waals surface area (Å²) in [5.74, 6) is 1.07. The van der Waals surface area contributed by atoms with Gasteiger partial charge >= 0.3 is 0 Å². The molecule has 4 rings (SSSR count). The van der Waals surface area contributed by atoms with Crippen LogP contribution >= 0.6 is 0 Å². The lowest BCUT2D eigenvalue weighted by molar-refractivity contribution is -0.128. The topological polar surface area (TPSA) is 58.6 Å². The summed E-state index contributed by atoms with van der Waals surface area (Å²) in [6, 6.07) is 22.1. The summed E-state index contributed by atoms with van der Waals surface area (Å²) in [6.07, 6.45) is 2.63. The number of hydrogen-bond acceptors (Lipinski definition) is 3. The molecule has 1 heterocycles. The molecular weight excluding hydrogens is 388 g/mol. The zero-order valence-electron chi connectivity index (χ0n) is 17.7. The third kappa shape index (κ3) is 5.43. The van der Waals surface area contributed by atoms with E-state index >= 15 is 0 Å². The van der Waals surface area contributed by atoms with Crippen LogP contribution in [0.15, 0.2) is 66.7 Å². The van der Waals surface area contributed by atoms with Crippen molar-refractivity contribution in [2.75, 3.05) is 13.2 Å². The van der Waals surface area contributed by atoms with Gasteiger partial charge in [0.25, 0.3) is 0 Å². The van der Waals surface area contributed by atoms with Crippen LogP contribution in [0.1, 0.15) is 36.8 Å². The first-order chi connectivity index (χ1) is 15.2. The number of fused-ring (bicyclic) bond motifs is 1. The number of hydrogen-bond donors (Lipinski definition) is 1. The van der Waals surface area contributed by atoms with E-state index < -0.39 is 0 Å². The molecule has 0 unspecified atom stereocenters. The van der Waals surface area contributed by atoms with Crippen LogP contribution in [-0.4, -0.2) is 29.9 Å². The Balaban J connectivity index is 1.23. The van der Waals surface area contributed by atoms with E-state index in [-0.39, 0.29) is 11.8 Å². The van der Waals surface area contributed by atoms with Crippen LogP contribution in [0.25, 0.3) is 10.8 Å². The number of likely N-dealkylation sites (tertiary alicyclic amines) is 1. The highest BCUT2D eigenvalue weighted by molar-refractivity contribution is 5.88. The van der Waals surface area contributed by atoms with Gasteiger partial charge in [-0.1, -0.05) is 60.7 Å². The van der Waals surface area contributed by atoms with Crippen LogP contribution in [-0.2, 0) is 22.7 Å². The maximum absolute atomic E-state index is 12.3. The molecule has 1 saturated heterocycles. The van der Waals surface area contributed by atoms with E-state index in [1.807, 2.05) is 59.5 Å². The molecule has 1 aliphatic heterocycles. The largest absolute Gasteiger partial charge is 0.493 e. The third-order valence-corrected chi connectivity index (χ3v) is 5.68. The average Bonchev–Trinajstić information content (AvgIpc) is 3.20. The first-order valence-corrected chi connectivity index (χ1v) is 10.9. The van der Waals surface area contributed by atoms with Crippen LogP contribution in [0.4, 0.5) is 0 Å². The monoisotopic (exact) mass is 416 g/mol. The number of amides is 2. The van der Waals surface area contributed by atoms with Gasteiger partial charge in [0.1, 0.15) is 5.75 Å². The number of carbonyl (C=O) groups is 2. The van der Waals surface area contributed by atoms with Crippen molar-refractivity contribution in [2.45, 2.75) is 38.8 Å². The molecule has 0 aromatic heterocycles. The molecule has 31 heavy (non-hydrogen) atoms. The Morgan fingerprint density at radius 1 is 0.968 bits per heavy atom. The van der Waals surface area contributed by atoms with Gasteiger partial charge in [-0.3, -0.25) is 9.59 Å². The summed E-state index contributed by atoms with van der Waals surface area (Å²) in [5.41, 5.74) is 2.15. The van der Waals surface area contributed by atoms with Crippen molar-refractivity contribution in [3.63, 3.8) is 0 Å². The van der Waals surface area contributed by atoms with Crippen LogP contribution < -0.4 is 10.1 Å². The van der Waals surface area contributed by atoms with Crippen molar-refractivity contribution in [2.24, 2.45) is 0 Å². The first-order valence-electron chi connectivity index (χ1n) is 10.9. The van der Waals surface area contributed by atoms with E-state index in [0.717, 1.165) is 40.6 Å². The van der Waals surface area contributed by atoms with Crippen molar-refractivity contribution in [1.29, 1.82) is 0 Å². The lowest BCUT2D eigenvalue weighted by Gasteiger charge is -2.18. The second-order valence-corrected chi connectivity index (χ2v) is 7.89. The number of carbonyl (C=O) groups excluding carboxylic acids is 2. The molecule has 160 valence electrons. The highest BCUT2D eigenvalue weighted by Crippen LogP contribution is 2.25. The van der Waals surface area contributed by atoms with Gasteiger partial charge in [-0.15, -0.1) is 0 Å². The van der Waals surface area contributed by atoms with Crippen molar-refractivity contribution in [1.82, 2.24) is 10.2 Å². The molecule has 3 aromatic carbocycles. The maximum atomic E-state index is 12.3. The zero-order valence-corrected chi connectivity index (χ0v) is 17.7. The summed E-state index contributed by atoms with van der Waals surface area (Å²) in [4.78, 5) is 26.1. The highest BCUT2D eigenvalue weighted by Gasteiger charge is 2.20. The normalized spacial score (nSPS) is 13.5. The number of benzene rings is 3. The Morgan fingerprint density at radius 3 is 2.58 bits per heavy atom. The van der Waals surface area contributed by atoms with Gasteiger partial charge in [0, 0.05) is 37.9 Å². The Bertz CT molecular complexity index is 1060. The molecule has 0 radical (unpaired) electrons. The van der Waals surface area contributed by atoms with E-state index in [9.17, 15) is 9.59 Å². The molecule has 0 aliphatic carbocycles. The number of nitrogens with one attached hydrogen (secondary N) is 1. The lowest BCUT2D eigenvalue weighted by Crippen LogP contribution is -2.26. The fraction of sp³-hybridized carbons (Fsp3) is 0.308. The van der Waals surface area contributed by atoms with E-state index in [1.54, 1.807) is 0 Å². The van der Waals surface area contributed by atoms with Crippen LogP contribution in [0.2, 0.25) is 0 Å². The summed E-state index contributed by atoms with van der Waals surface area (Å²) < 4.78 is 5.92. The molecule has 1 N–H and O–H groups in total. The van der Waals surface area contributed by atoms with E-state index in [0.29, 0.717) is 39.0 Å². The SMILES string of the molecule is O=C(CCCOc1cccc2ccccc12)NCc1ccccc1CN1CCCC1=O. The second kappa shape index (κ2) is 10.1. The van der Waals surface area contributed by atoms with Gasteiger partial charge < -0.3 is 15.0 Å². The minimum absolute atomic E-state index is 0.00794. The number of rotatable bonds is 9. The fourth-order valence-electron chi connectivity index (χ4n) is 3.98. The second-order valence-electron chi connectivity index (χ2n) is 7.89.